The summed E-state index contributed by atoms with van der Waals surface area (Å²) >= 11 is 0. The molecule has 1 aromatic heterocycles. The predicted octanol–water partition coefficient (Wildman–Crippen LogP) is 3.68. The van der Waals surface area contributed by atoms with Crippen LogP contribution in [0.25, 0.3) is 10.9 Å². The highest BCUT2D eigenvalue weighted by molar-refractivity contribution is 6.08. The summed E-state index contributed by atoms with van der Waals surface area (Å²) in [6, 6.07) is 8.11. The number of ketones is 1. The molecule has 1 N–H and O–H groups in total. The summed E-state index contributed by atoms with van der Waals surface area (Å²) in [5.41, 5.74) is 1.66. The molecule has 0 saturated heterocycles. The van der Waals surface area contributed by atoms with Crippen LogP contribution in [0, 0.1) is 0 Å². The largest absolute Gasteiger partial charge is 0.352 e. The number of carbonyl (C=O) groups excluding carboxylic acids is 2. The molecular weight excluding hydrogens is 288 g/mol. The van der Waals surface area contributed by atoms with Gasteiger partial charge in [-0.2, -0.15) is 0 Å². The van der Waals surface area contributed by atoms with Gasteiger partial charge in [-0.15, -0.1) is 0 Å². The number of nitrogens with one attached hydrogen (secondary N) is 1. The summed E-state index contributed by atoms with van der Waals surface area (Å²) in [6.07, 6.45) is 8.14. The molecule has 0 spiro atoms. The van der Waals surface area contributed by atoms with E-state index in [2.05, 4.69) is 5.32 Å². The van der Waals surface area contributed by atoms with Gasteiger partial charge in [-0.05, 0) is 18.9 Å². The van der Waals surface area contributed by atoms with Crippen molar-refractivity contribution in [2.45, 2.75) is 58.0 Å². The maximum Gasteiger partial charge on any atom is 0.240 e. The van der Waals surface area contributed by atoms with Crippen molar-refractivity contribution in [1.29, 1.82) is 0 Å². The van der Waals surface area contributed by atoms with E-state index in [0.29, 0.717) is 18.0 Å². The number of Topliss-reactive ketones (excluding diaryl/α,β-unsaturated/α-hetero) is 1. The molecule has 23 heavy (non-hydrogen) atoms. The van der Waals surface area contributed by atoms with Gasteiger partial charge < -0.3 is 9.88 Å². The van der Waals surface area contributed by atoms with Gasteiger partial charge in [0.15, 0.2) is 5.78 Å². The first-order valence-electron chi connectivity index (χ1n) is 8.59. The molecule has 2 aromatic rings. The van der Waals surface area contributed by atoms with Gasteiger partial charge in [0.25, 0.3) is 0 Å². The summed E-state index contributed by atoms with van der Waals surface area (Å²) in [4.78, 5) is 24.5. The zero-order chi connectivity index (χ0) is 16.2. The second kappa shape index (κ2) is 6.99. The Morgan fingerprint density at radius 3 is 2.65 bits per heavy atom. The number of nitrogens with zero attached hydrogens (tertiary/aromatic N) is 1. The van der Waals surface area contributed by atoms with E-state index < -0.39 is 0 Å². The number of carbonyl (C=O) groups is 2. The van der Waals surface area contributed by atoms with Gasteiger partial charge in [-0.25, -0.2) is 0 Å². The summed E-state index contributed by atoms with van der Waals surface area (Å²) in [6.45, 7) is 2.14. The fraction of sp³-hybridized carbons (Fsp3) is 0.474. The molecule has 1 fully saturated rings. The Kier molecular flexibility index (Phi) is 4.79. The van der Waals surface area contributed by atoms with E-state index in [1.54, 1.807) is 0 Å². The highest BCUT2D eigenvalue weighted by Crippen LogP contribution is 2.23. The molecule has 0 atom stereocenters. The molecule has 1 amide bonds. The number of aromatic nitrogens is 1. The molecule has 1 heterocycles. The molecule has 1 saturated carbocycles. The molecule has 3 rings (SSSR count). The van der Waals surface area contributed by atoms with Crippen molar-refractivity contribution in [3.63, 3.8) is 0 Å². The third-order valence-electron chi connectivity index (χ3n) is 4.69. The third kappa shape index (κ3) is 3.46. The van der Waals surface area contributed by atoms with Crippen molar-refractivity contribution in [3.8, 4) is 0 Å². The van der Waals surface area contributed by atoms with Crippen LogP contribution in [0.15, 0.2) is 30.5 Å². The summed E-state index contributed by atoms with van der Waals surface area (Å²) in [5.74, 6) is 0.154. The van der Waals surface area contributed by atoms with Crippen LogP contribution in [-0.2, 0) is 11.3 Å². The van der Waals surface area contributed by atoms with Gasteiger partial charge in [0, 0.05) is 35.1 Å². The Balaban J connectivity index is 1.79. The molecule has 4 heteroatoms. The first-order chi connectivity index (χ1) is 11.2. The first kappa shape index (κ1) is 15.8. The summed E-state index contributed by atoms with van der Waals surface area (Å²) in [7, 11) is 0. The Bertz CT molecular complexity index is 711. The van der Waals surface area contributed by atoms with Crippen LogP contribution in [0.4, 0.5) is 0 Å². The smallest absolute Gasteiger partial charge is 0.240 e. The number of benzene rings is 1. The number of fused-ring (bicyclic) bond motifs is 1. The predicted molar refractivity (Wildman–Crippen MR) is 91.6 cm³/mol. The summed E-state index contributed by atoms with van der Waals surface area (Å²) in [5, 5.41) is 4.07. The van der Waals surface area contributed by atoms with Crippen molar-refractivity contribution in [2.24, 2.45) is 0 Å². The van der Waals surface area contributed by atoms with Crippen LogP contribution < -0.4 is 5.32 Å². The molecule has 1 aliphatic rings. The molecule has 122 valence electrons. The fourth-order valence-corrected chi connectivity index (χ4v) is 3.47. The normalized spacial score (nSPS) is 15.7. The minimum absolute atomic E-state index is 0.0353. The Morgan fingerprint density at radius 1 is 1.17 bits per heavy atom. The van der Waals surface area contributed by atoms with Gasteiger partial charge in [0.05, 0.1) is 0 Å². The van der Waals surface area contributed by atoms with E-state index in [0.717, 1.165) is 23.7 Å². The van der Waals surface area contributed by atoms with Crippen LogP contribution in [0.2, 0.25) is 0 Å². The maximum absolute atomic E-state index is 12.4. The van der Waals surface area contributed by atoms with Crippen LogP contribution in [0.3, 0.4) is 0 Å². The van der Waals surface area contributed by atoms with Gasteiger partial charge in [-0.3, -0.25) is 9.59 Å². The minimum atomic E-state index is 0.0353. The lowest BCUT2D eigenvalue weighted by Gasteiger charge is -2.22. The quantitative estimate of drug-likeness (QED) is 0.856. The average molecular weight is 312 g/mol. The Labute approximate surface area is 136 Å². The van der Waals surface area contributed by atoms with E-state index in [1.165, 1.54) is 19.3 Å². The standard InChI is InChI=1S/C19H24N2O2/c1-2-18(22)16-12-21(17-11-7-6-10-15(16)17)13-19(23)20-14-8-4-3-5-9-14/h6-7,10-12,14H,2-5,8-9,13H2,1H3,(H,20,23). The highest BCUT2D eigenvalue weighted by atomic mass is 16.2. The fourth-order valence-electron chi connectivity index (χ4n) is 3.47. The van der Waals surface area contributed by atoms with Gasteiger partial charge in [-0.1, -0.05) is 44.4 Å². The maximum atomic E-state index is 12.4. The van der Waals surface area contributed by atoms with E-state index in [4.69, 9.17) is 0 Å². The molecule has 1 aromatic carbocycles. The molecule has 0 radical (unpaired) electrons. The minimum Gasteiger partial charge on any atom is -0.352 e. The van der Waals surface area contributed by atoms with Crippen molar-refractivity contribution < 1.29 is 9.59 Å². The molecule has 4 nitrogen and oxygen atoms in total. The number of amides is 1. The van der Waals surface area contributed by atoms with E-state index >= 15 is 0 Å². The van der Waals surface area contributed by atoms with Crippen LogP contribution in [0.1, 0.15) is 55.8 Å². The summed E-state index contributed by atoms with van der Waals surface area (Å²) < 4.78 is 1.90. The van der Waals surface area contributed by atoms with Crippen molar-refractivity contribution in [2.75, 3.05) is 0 Å². The van der Waals surface area contributed by atoms with Gasteiger partial charge >= 0.3 is 0 Å². The number of para-hydroxylation sites is 1. The van der Waals surface area contributed by atoms with Crippen molar-refractivity contribution >= 4 is 22.6 Å². The second-order valence-corrected chi connectivity index (χ2v) is 6.37. The molecule has 1 aliphatic carbocycles. The topological polar surface area (TPSA) is 51.1 Å². The molecular formula is C19H24N2O2. The SMILES string of the molecule is CCC(=O)c1cn(CC(=O)NC2CCCCC2)c2ccccc12. The molecule has 0 bridgehead atoms. The van der Waals surface area contributed by atoms with E-state index in [-0.39, 0.29) is 18.2 Å². The highest BCUT2D eigenvalue weighted by Gasteiger charge is 2.18. The molecule has 0 aliphatic heterocycles. The lowest BCUT2D eigenvalue weighted by molar-refractivity contribution is -0.122. The third-order valence-corrected chi connectivity index (χ3v) is 4.69. The second-order valence-electron chi connectivity index (χ2n) is 6.37. The van der Waals surface area contributed by atoms with Gasteiger partial charge in [0.2, 0.25) is 5.91 Å². The van der Waals surface area contributed by atoms with E-state index in [1.807, 2.05) is 42.0 Å². The van der Waals surface area contributed by atoms with Crippen LogP contribution in [0.5, 0.6) is 0 Å². The van der Waals surface area contributed by atoms with Crippen LogP contribution >= 0.6 is 0 Å². The van der Waals surface area contributed by atoms with Crippen molar-refractivity contribution in [1.82, 2.24) is 9.88 Å². The lowest BCUT2D eigenvalue weighted by atomic mass is 9.95. The zero-order valence-corrected chi connectivity index (χ0v) is 13.7. The Morgan fingerprint density at radius 2 is 1.91 bits per heavy atom. The monoisotopic (exact) mass is 312 g/mol. The first-order valence-corrected chi connectivity index (χ1v) is 8.59. The number of rotatable bonds is 5. The van der Waals surface area contributed by atoms with E-state index in [9.17, 15) is 9.59 Å². The lowest BCUT2D eigenvalue weighted by Crippen LogP contribution is -2.38. The Hall–Kier alpha value is -2.10. The van der Waals surface area contributed by atoms with Crippen molar-refractivity contribution in [3.05, 3.63) is 36.0 Å². The number of hydrogen-bond donors (Lipinski definition) is 1. The number of hydrogen-bond acceptors (Lipinski definition) is 2. The zero-order valence-electron chi connectivity index (χ0n) is 13.7. The van der Waals surface area contributed by atoms with Gasteiger partial charge in [0.1, 0.15) is 6.54 Å². The van der Waals surface area contributed by atoms with Crippen LogP contribution in [-0.4, -0.2) is 22.3 Å². The molecule has 0 unspecified atom stereocenters. The average Bonchev–Trinajstić information content (AvgIpc) is 2.94.